The lowest BCUT2D eigenvalue weighted by atomic mass is 9.86. The summed E-state index contributed by atoms with van der Waals surface area (Å²) in [6, 6.07) is 0.373. The van der Waals surface area contributed by atoms with Crippen molar-refractivity contribution in [3.63, 3.8) is 0 Å². The number of carbonyl (C=O) groups excluding carboxylic acids is 1. The van der Waals surface area contributed by atoms with E-state index in [1.807, 2.05) is 4.90 Å². The number of aliphatic hydroxyl groups excluding tert-OH is 1. The number of likely N-dealkylation sites (tertiary alicyclic amines) is 1. The van der Waals surface area contributed by atoms with E-state index >= 15 is 0 Å². The fourth-order valence-electron chi connectivity index (χ4n) is 2.58. The van der Waals surface area contributed by atoms with Crippen LogP contribution in [0.2, 0.25) is 0 Å². The van der Waals surface area contributed by atoms with Crippen molar-refractivity contribution in [2.24, 2.45) is 11.8 Å². The number of rotatable bonds is 4. The number of piperidine rings is 1. The van der Waals surface area contributed by atoms with Gasteiger partial charge < -0.3 is 10.0 Å². The minimum absolute atomic E-state index is 0.190. The molecule has 1 aliphatic heterocycles. The fourth-order valence-corrected chi connectivity index (χ4v) is 2.58. The van der Waals surface area contributed by atoms with Crippen LogP contribution in [0.1, 0.15) is 46.5 Å². The van der Waals surface area contributed by atoms with Crippen molar-refractivity contribution < 1.29 is 9.90 Å². The van der Waals surface area contributed by atoms with Crippen molar-refractivity contribution in [2.75, 3.05) is 13.2 Å². The van der Waals surface area contributed by atoms with Crippen LogP contribution in [0.15, 0.2) is 0 Å². The Balaban J connectivity index is 2.46. The number of unbranched alkanes of at least 4 members (excludes halogenated alkanes) is 1. The van der Waals surface area contributed by atoms with E-state index in [0.717, 1.165) is 19.4 Å². The third-order valence-electron chi connectivity index (χ3n) is 3.72. The SMILES string of the molecule is CC1CC(C)C(C)N(C(=O)CCCCO)C1. The molecular weight excluding hydrogens is 202 g/mol. The van der Waals surface area contributed by atoms with Gasteiger partial charge in [0.15, 0.2) is 0 Å². The zero-order valence-corrected chi connectivity index (χ0v) is 10.8. The minimum atomic E-state index is 0.190. The first-order valence-corrected chi connectivity index (χ1v) is 6.46. The lowest BCUT2D eigenvalue weighted by Gasteiger charge is -2.41. The maximum atomic E-state index is 12.0. The fraction of sp³-hybridized carbons (Fsp3) is 0.923. The number of amides is 1. The summed E-state index contributed by atoms with van der Waals surface area (Å²) < 4.78 is 0. The highest BCUT2D eigenvalue weighted by atomic mass is 16.3. The summed E-state index contributed by atoms with van der Waals surface area (Å²) in [6.45, 7) is 7.70. The van der Waals surface area contributed by atoms with Crippen LogP contribution in [0.5, 0.6) is 0 Å². The van der Waals surface area contributed by atoms with Crippen molar-refractivity contribution in [3.8, 4) is 0 Å². The molecule has 3 nitrogen and oxygen atoms in total. The second-order valence-electron chi connectivity index (χ2n) is 5.29. The number of nitrogens with zero attached hydrogens (tertiary/aromatic N) is 1. The molecule has 0 bridgehead atoms. The molecule has 1 amide bonds. The Hall–Kier alpha value is -0.570. The summed E-state index contributed by atoms with van der Waals surface area (Å²) in [7, 11) is 0. The van der Waals surface area contributed by atoms with E-state index in [4.69, 9.17) is 5.11 Å². The third kappa shape index (κ3) is 3.48. The van der Waals surface area contributed by atoms with Gasteiger partial charge in [-0.3, -0.25) is 4.79 Å². The van der Waals surface area contributed by atoms with Crippen molar-refractivity contribution in [3.05, 3.63) is 0 Å². The molecule has 3 unspecified atom stereocenters. The summed E-state index contributed by atoms with van der Waals surface area (Å²) >= 11 is 0. The number of aliphatic hydroxyl groups is 1. The maximum absolute atomic E-state index is 12.0. The van der Waals surface area contributed by atoms with E-state index in [1.54, 1.807) is 0 Å². The molecular formula is C13H25NO2. The molecule has 1 heterocycles. The monoisotopic (exact) mass is 227 g/mol. The lowest BCUT2D eigenvalue weighted by molar-refractivity contribution is -0.137. The summed E-state index contributed by atoms with van der Waals surface area (Å²) in [4.78, 5) is 14.1. The Bertz CT molecular complexity index is 230. The summed E-state index contributed by atoms with van der Waals surface area (Å²) in [5.41, 5.74) is 0. The van der Waals surface area contributed by atoms with Crippen molar-refractivity contribution >= 4 is 5.91 Å². The highest BCUT2D eigenvalue weighted by Crippen LogP contribution is 2.27. The average Bonchev–Trinajstić information content (AvgIpc) is 2.23. The van der Waals surface area contributed by atoms with Crippen LogP contribution < -0.4 is 0 Å². The smallest absolute Gasteiger partial charge is 0.222 e. The highest BCUT2D eigenvalue weighted by molar-refractivity contribution is 5.76. The van der Waals surface area contributed by atoms with Gasteiger partial charge in [-0.05, 0) is 38.0 Å². The molecule has 0 aliphatic carbocycles. The van der Waals surface area contributed by atoms with E-state index in [1.165, 1.54) is 6.42 Å². The predicted molar refractivity (Wildman–Crippen MR) is 65.1 cm³/mol. The Morgan fingerprint density at radius 1 is 1.31 bits per heavy atom. The Kier molecular flexibility index (Phi) is 5.26. The number of hydrogen-bond acceptors (Lipinski definition) is 2. The molecule has 1 fully saturated rings. The van der Waals surface area contributed by atoms with Gasteiger partial charge in [0.25, 0.3) is 0 Å². The van der Waals surface area contributed by atoms with Gasteiger partial charge in [-0.25, -0.2) is 0 Å². The van der Waals surface area contributed by atoms with Gasteiger partial charge in [0.05, 0.1) is 0 Å². The van der Waals surface area contributed by atoms with Gasteiger partial charge in [0.2, 0.25) is 5.91 Å². The number of hydrogen-bond donors (Lipinski definition) is 1. The summed E-state index contributed by atoms with van der Waals surface area (Å²) in [5.74, 6) is 1.48. The Morgan fingerprint density at radius 2 is 2.00 bits per heavy atom. The van der Waals surface area contributed by atoms with Gasteiger partial charge in [-0.15, -0.1) is 0 Å². The third-order valence-corrected chi connectivity index (χ3v) is 3.72. The van der Waals surface area contributed by atoms with Crippen LogP contribution in [0.3, 0.4) is 0 Å². The van der Waals surface area contributed by atoms with Crippen LogP contribution in [0.4, 0.5) is 0 Å². The van der Waals surface area contributed by atoms with E-state index < -0.39 is 0 Å². The van der Waals surface area contributed by atoms with Crippen molar-refractivity contribution in [2.45, 2.75) is 52.5 Å². The predicted octanol–water partition coefficient (Wildman–Crippen LogP) is 2.04. The van der Waals surface area contributed by atoms with Crippen LogP contribution in [-0.2, 0) is 4.79 Å². The normalized spacial score (nSPS) is 30.5. The number of carbonyl (C=O) groups is 1. The van der Waals surface area contributed by atoms with Crippen molar-refractivity contribution in [1.82, 2.24) is 4.90 Å². The molecule has 0 radical (unpaired) electrons. The molecule has 0 aromatic heterocycles. The molecule has 0 saturated carbocycles. The molecule has 1 N–H and O–H groups in total. The zero-order chi connectivity index (χ0) is 12.1. The van der Waals surface area contributed by atoms with Gasteiger partial charge in [0.1, 0.15) is 0 Å². The average molecular weight is 227 g/mol. The molecule has 0 spiro atoms. The highest BCUT2D eigenvalue weighted by Gasteiger charge is 2.31. The molecule has 16 heavy (non-hydrogen) atoms. The molecule has 0 aromatic rings. The maximum Gasteiger partial charge on any atom is 0.222 e. The lowest BCUT2D eigenvalue weighted by Crippen LogP contribution is -2.48. The van der Waals surface area contributed by atoms with Crippen LogP contribution >= 0.6 is 0 Å². The summed E-state index contributed by atoms with van der Waals surface area (Å²) in [6.07, 6.45) is 3.35. The first-order valence-electron chi connectivity index (χ1n) is 6.46. The van der Waals surface area contributed by atoms with Gasteiger partial charge in [-0.1, -0.05) is 13.8 Å². The van der Waals surface area contributed by atoms with Gasteiger partial charge in [-0.2, -0.15) is 0 Å². The summed E-state index contributed by atoms with van der Waals surface area (Å²) in [5, 5.41) is 8.70. The Labute approximate surface area is 98.8 Å². The molecule has 1 saturated heterocycles. The second kappa shape index (κ2) is 6.24. The first kappa shape index (κ1) is 13.5. The van der Waals surface area contributed by atoms with Crippen LogP contribution in [-0.4, -0.2) is 35.1 Å². The Morgan fingerprint density at radius 3 is 2.62 bits per heavy atom. The second-order valence-corrected chi connectivity index (χ2v) is 5.29. The largest absolute Gasteiger partial charge is 0.396 e. The van der Waals surface area contributed by atoms with Gasteiger partial charge in [0, 0.05) is 25.6 Å². The van der Waals surface area contributed by atoms with E-state index in [0.29, 0.717) is 24.3 Å². The van der Waals surface area contributed by atoms with Gasteiger partial charge >= 0.3 is 0 Å². The molecule has 3 heteroatoms. The molecule has 3 atom stereocenters. The molecule has 1 rings (SSSR count). The molecule has 1 aliphatic rings. The first-order chi connectivity index (χ1) is 7.56. The van der Waals surface area contributed by atoms with E-state index in [-0.39, 0.29) is 12.5 Å². The van der Waals surface area contributed by atoms with Crippen LogP contribution in [0, 0.1) is 11.8 Å². The minimum Gasteiger partial charge on any atom is -0.396 e. The van der Waals surface area contributed by atoms with E-state index in [2.05, 4.69) is 20.8 Å². The topological polar surface area (TPSA) is 40.5 Å². The quantitative estimate of drug-likeness (QED) is 0.747. The van der Waals surface area contributed by atoms with Crippen LogP contribution in [0.25, 0.3) is 0 Å². The zero-order valence-electron chi connectivity index (χ0n) is 10.8. The van der Waals surface area contributed by atoms with E-state index in [9.17, 15) is 4.79 Å². The molecule has 94 valence electrons. The molecule has 0 aromatic carbocycles. The van der Waals surface area contributed by atoms with Crippen molar-refractivity contribution in [1.29, 1.82) is 0 Å². The standard InChI is InChI=1S/C13H25NO2/c1-10-8-11(2)12(3)14(9-10)13(16)6-4-5-7-15/h10-12,15H,4-9H2,1-3H3.